The van der Waals surface area contributed by atoms with Crippen LogP contribution in [0.4, 0.5) is 0 Å². The van der Waals surface area contributed by atoms with Crippen molar-refractivity contribution < 1.29 is 4.79 Å². The third-order valence-electron chi connectivity index (χ3n) is 3.99. The number of carbonyl (C=O) groups is 1. The van der Waals surface area contributed by atoms with Crippen LogP contribution in [0.2, 0.25) is 0 Å². The van der Waals surface area contributed by atoms with Crippen molar-refractivity contribution in [2.75, 3.05) is 32.7 Å². The first-order valence-electron chi connectivity index (χ1n) is 8.57. The molecule has 0 radical (unpaired) electrons. The number of nitrogens with one attached hydrogen (secondary N) is 2. The summed E-state index contributed by atoms with van der Waals surface area (Å²) in [5.74, 6) is 1.63. The molecule has 5 nitrogen and oxygen atoms in total. The lowest BCUT2D eigenvalue weighted by molar-refractivity contribution is 0.0955. The molecule has 1 aromatic carbocycles. The van der Waals surface area contributed by atoms with Gasteiger partial charge in [0.15, 0.2) is 5.96 Å². The van der Waals surface area contributed by atoms with Crippen LogP contribution in [-0.2, 0) is 0 Å². The van der Waals surface area contributed by atoms with E-state index in [1.807, 2.05) is 30.3 Å². The van der Waals surface area contributed by atoms with Crippen molar-refractivity contribution in [2.45, 2.75) is 26.7 Å². The normalized spacial score (nSPS) is 17.8. The van der Waals surface area contributed by atoms with Crippen LogP contribution >= 0.6 is 24.0 Å². The average Bonchev–Trinajstić information content (AvgIpc) is 2.58. The van der Waals surface area contributed by atoms with Crippen molar-refractivity contribution in [3.63, 3.8) is 0 Å². The lowest BCUT2D eigenvalue weighted by Gasteiger charge is -2.33. The number of amides is 1. The molecule has 1 heterocycles. The lowest BCUT2D eigenvalue weighted by Crippen LogP contribution is -2.46. The maximum absolute atomic E-state index is 12.0. The fraction of sp³-hybridized carbons (Fsp3) is 0.556. The number of carbonyl (C=O) groups excluding carboxylic acids is 1. The van der Waals surface area contributed by atoms with Gasteiger partial charge in [-0.15, -0.1) is 24.0 Å². The van der Waals surface area contributed by atoms with E-state index < -0.39 is 0 Å². The zero-order valence-electron chi connectivity index (χ0n) is 14.6. The number of aliphatic imine (C=N–C) groups is 1. The van der Waals surface area contributed by atoms with Crippen molar-refractivity contribution in [3.8, 4) is 0 Å². The highest BCUT2D eigenvalue weighted by atomic mass is 127. The molecule has 2 rings (SSSR count). The minimum absolute atomic E-state index is 0. The highest BCUT2D eigenvalue weighted by Gasteiger charge is 2.18. The molecule has 134 valence electrons. The van der Waals surface area contributed by atoms with Crippen LogP contribution < -0.4 is 10.6 Å². The molecule has 0 saturated carbocycles. The number of benzene rings is 1. The molecule has 6 heteroatoms. The molecule has 1 saturated heterocycles. The van der Waals surface area contributed by atoms with Gasteiger partial charge in [-0.3, -0.25) is 9.79 Å². The van der Waals surface area contributed by atoms with Gasteiger partial charge in [0, 0.05) is 31.7 Å². The number of hydrogen-bond acceptors (Lipinski definition) is 2. The van der Waals surface area contributed by atoms with E-state index in [0.717, 1.165) is 25.6 Å². The Morgan fingerprint density at radius 2 is 2.04 bits per heavy atom. The summed E-state index contributed by atoms with van der Waals surface area (Å²) in [6.45, 7) is 8.49. The maximum atomic E-state index is 12.0. The first-order valence-corrected chi connectivity index (χ1v) is 8.57. The summed E-state index contributed by atoms with van der Waals surface area (Å²) in [4.78, 5) is 19.0. The van der Waals surface area contributed by atoms with Gasteiger partial charge < -0.3 is 15.5 Å². The largest absolute Gasteiger partial charge is 0.357 e. The molecule has 1 unspecified atom stereocenters. The minimum Gasteiger partial charge on any atom is -0.357 e. The predicted octanol–water partition coefficient (Wildman–Crippen LogP) is 2.73. The minimum atomic E-state index is -0.0441. The van der Waals surface area contributed by atoms with Crippen molar-refractivity contribution >= 4 is 35.8 Å². The number of piperidine rings is 1. The van der Waals surface area contributed by atoms with Gasteiger partial charge in [-0.2, -0.15) is 0 Å². The number of rotatable bonds is 5. The topological polar surface area (TPSA) is 56.7 Å². The van der Waals surface area contributed by atoms with Crippen LogP contribution in [0.5, 0.6) is 0 Å². The Kier molecular flexibility index (Phi) is 9.75. The maximum Gasteiger partial charge on any atom is 0.251 e. The van der Waals surface area contributed by atoms with Crippen LogP contribution in [-0.4, -0.2) is 49.5 Å². The van der Waals surface area contributed by atoms with Gasteiger partial charge in [0.1, 0.15) is 0 Å². The third-order valence-corrected chi connectivity index (χ3v) is 3.99. The molecule has 0 aliphatic carbocycles. The fourth-order valence-corrected chi connectivity index (χ4v) is 2.83. The van der Waals surface area contributed by atoms with E-state index in [-0.39, 0.29) is 29.9 Å². The second kappa shape index (κ2) is 11.3. The van der Waals surface area contributed by atoms with Crippen molar-refractivity contribution in [1.29, 1.82) is 0 Å². The molecule has 2 N–H and O–H groups in total. The van der Waals surface area contributed by atoms with Crippen LogP contribution in [0, 0.1) is 5.92 Å². The molecule has 0 aromatic heterocycles. The molecule has 0 bridgehead atoms. The number of hydrogen-bond donors (Lipinski definition) is 2. The monoisotopic (exact) mass is 444 g/mol. The Morgan fingerprint density at radius 3 is 2.71 bits per heavy atom. The zero-order chi connectivity index (χ0) is 16.5. The van der Waals surface area contributed by atoms with E-state index >= 15 is 0 Å². The Hall–Kier alpha value is -1.31. The summed E-state index contributed by atoms with van der Waals surface area (Å²) in [5.41, 5.74) is 0.688. The number of nitrogens with zero attached hydrogens (tertiary/aromatic N) is 2. The van der Waals surface area contributed by atoms with Gasteiger partial charge in [0.05, 0.1) is 6.54 Å². The summed E-state index contributed by atoms with van der Waals surface area (Å²) in [6, 6.07) is 9.28. The van der Waals surface area contributed by atoms with Gasteiger partial charge in [-0.25, -0.2) is 0 Å². The smallest absolute Gasteiger partial charge is 0.251 e. The molecule has 24 heavy (non-hydrogen) atoms. The second-order valence-corrected chi connectivity index (χ2v) is 6.05. The Balaban J connectivity index is 0.00000288. The van der Waals surface area contributed by atoms with Gasteiger partial charge in [-0.05, 0) is 37.8 Å². The summed E-state index contributed by atoms with van der Waals surface area (Å²) >= 11 is 0. The number of guanidine groups is 1. The van der Waals surface area contributed by atoms with Gasteiger partial charge in [0.25, 0.3) is 5.91 Å². The molecule has 1 aromatic rings. The summed E-state index contributed by atoms with van der Waals surface area (Å²) < 4.78 is 0. The van der Waals surface area contributed by atoms with E-state index in [1.165, 1.54) is 12.8 Å². The first-order chi connectivity index (χ1) is 11.2. The van der Waals surface area contributed by atoms with Crippen LogP contribution in [0.1, 0.15) is 37.0 Å². The number of halogens is 1. The van der Waals surface area contributed by atoms with Crippen LogP contribution in [0.15, 0.2) is 35.3 Å². The van der Waals surface area contributed by atoms with Gasteiger partial charge in [0.2, 0.25) is 0 Å². The van der Waals surface area contributed by atoms with E-state index in [9.17, 15) is 4.79 Å². The Morgan fingerprint density at radius 1 is 1.29 bits per heavy atom. The quantitative estimate of drug-likeness (QED) is 0.318. The van der Waals surface area contributed by atoms with Gasteiger partial charge in [-0.1, -0.05) is 25.1 Å². The summed E-state index contributed by atoms with van der Waals surface area (Å²) in [6.07, 6.45) is 2.51. The molecule has 1 aliphatic heterocycles. The zero-order valence-corrected chi connectivity index (χ0v) is 17.0. The molecule has 1 atom stereocenters. The molecule has 0 spiro atoms. The van der Waals surface area contributed by atoms with E-state index in [1.54, 1.807) is 0 Å². The van der Waals surface area contributed by atoms with Crippen LogP contribution in [0.3, 0.4) is 0 Å². The molecule has 1 amide bonds. The molecular formula is C18H29IN4O. The van der Waals surface area contributed by atoms with Crippen molar-refractivity contribution in [3.05, 3.63) is 35.9 Å². The Bertz CT molecular complexity index is 521. The van der Waals surface area contributed by atoms with E-state index in [4.69, 9.17) is 0 Å². The van der Waals surface area contributed by atoms with E-state index in [2.05, 4.69) is 34.4 Å². The SMILES string of the molecule is CCNC(=NCCNC(=O)c1ccccc1)N1CCCC(C)C1.I. The Labute approximate surface area is 162 Å². The standard InChI is InChI=1S/C18H28N4O.HI/c1-3-19-18(22-13-7-8-15(2)14-22)21-12-11-20-17(23)16-9-5-4-6-10-16;/h4-6,9-10,15H,3,7-8,11-14H2,1-2H3,(H,19,21)(H,20,23);1H. The van der Waals surface area contributed by atoms with Crippen molar-refractivity contribution in [2.24, 2.45) is 10.9 Å². The van der Waals surface area contributed by atoms with Crippen molar-refractivity contribution in [1.82, 2.24) is 15.5 Å². The predicted molar refractivity (Wildman–Crippen MR) is 110 cm³/mol. The molecular weight excluding hydrogens is 415 g/mol. The highest BCUT2D eigenvalue weighted by molar-refractivity contribution is 14.0. The summed E-state index contributed by atoms with van der Waals surface area (Å²) in [5, 5.41) is 6.27. The molecule has 1 fully saturated rings. The fourth-order valence-electron chi connectivity index (χ4n) is 2.83. The average molecular weight is 444 g/mol. The lowest BCUT2D eigenvalue weighted by atomic mass is 10.0. The third kappa shape index (κ3) is 6.67. The van der Waals surface area contributed by atoms with Crippen LogP contribution in [0.25, 0.3) is 0 Å². The highest BCUT2D eigenvalue weighted by Crippen LogP contribution is 2.15. The number of likely N-dealkylation sites (tertiary alicyclic amines) is 1. The summed E-state index contributed by atoms with van der Waals surface area (Å²) in [7, 11) is 0. The van der Waals surface area contributed by atoms with E-state index in [0.29, 0.717) is 24.6 Å². The first kappa shape index (κ1) is 20.7. The molecule has 1 aliphatic rings. The van der Waals surface area contributed by atoms with Gasteiger partial charge >= 0.3 is 0 Å². The second-order valence-electron chi connectivity index (χ2n) is 6.05.